The molecule has 1 saturated carbocycles. The van der Waals surface area contributed by atoms with Crippen LogP contribution in [0.1, 0.15) is 29.5 Å². The summed E-state index contributed by atoms with van der Waals surface area (Å²) >= 11 is 0.646. The normalized spacial score (nSPS) is 26.9. The van der Waals surface area contributed by atoms with Crippen LogP contribution in [0.5, 0.6) is 0 Å². The van der Waals surface area contributed by atoms with Gasteiger partial charge in [0.25, 0.3) is 0 Å². The Labute approximate surface area is 100 Å². The van der Waals surface area contributed by atoms with Gasteiger partial charge < -0.3 is 5.11 Å². The molecule has 1 N–H and O–H groups in total. The minimum atomic E-state index is -4.35. The highest BCUT2D eigenvalue weighted by atomic mass is 32.1. The zero-order valence-corrected chi connectivity index (χ0v) is 10.0. The second kappa shape index (κ2) is 3.48. The van der Waals surface area contributed by atoms with E-state index in [4.69, 9.17) is 5.11 Å². The molecule has 0 radical (unpaired) electrons. The summed E-state index contributed by atoms with van der Waals surface area (Å²) in [7, 11) is 0. The summed E-state index contributed by atoms with van der Waals surface area (Å²) in [5.41, 5.74) is -0.459. The largest absolute Gasteiger partial charge is 0.481 e. The Morgan fingerprint density at radius 1 is 1.41 bits per heavy atom. The molecule has 1 aromatic rings. The Bertz CT molecular complexity index is 462. The first-order valence-electron chi connectivity index (χ1n) is 5.05. The number of aliphatic carboxylic acids is 1. The molecule has 2 atom stereocenters. The Morgan fingerprint density at radius 2 is 2.00 bits per heavy atom. The molecule has 94 valence electrons. The smallest absolute Gasteiger partial charge is 0.425 e. The third-order valence-electron chi connectivity index (χ3n) is 3.31. The number of carboxylic acids is 1. The highest BCUT2D eigenvalue weighted by Gasteiger charge is 2.63. The Hall–Kier alpha value is -1.04. The van der Waals surface area contributed by atoms with Gasteiger partial charge in [0.1, 0.15) is 4.88 Å². The summed E-state index contributed by atoms with van der Waals surface area (Å²) in [5.74, 6) is -1.83. The van der Waals surface area contributed by atoms with Gasteiger partial charge in [-0.05, 0) is 17.5 Å². The lowest BCUT2D eigenvalue weighted by molar-refractivity contribution is -0.139. The van der Waals surface area contributed by atoms with Crippen molar-refractivity contribution < 1.29 is 23.1 Å². The van der Waals surface area contributed by atoms with Gasteiger partial charge in [0.05, 0.1) is 5.92 Å². The van der Waals surface area contributed by atoms with Gasteiger partial charge in [-0.15, -0.1) is 11.3 Å². The van der Waals surface area contributed by atoms with Gasteiger partial charge in [-0.3, -0.25) is 4.79 Å². The topological polar surface area (TPSA) is 37.3 Å². The van der Waals surface area contributed by atoms with Crippen molar-refractivity contribution in [2.75, 3.05) is 0 Å². The van der Waals surface area contributed by atoms with Crippen LogP contribution in [-0.4, -0.2) is 11.1 Å². The summed E-state index contributed by atoms with van der Waals surface area (Å²) in [4.78, 5) is 10.8. The van der Waals surface area contributed by atoms with Crippen molar-refractivity contribution in [3.8, 4) is 0 Å². The quantitative estimate of drug-likeness (QED) is 0.886. The van der Waals surface area contributed by atoms with Crippen molar-refractivity contribution in [1.29, 1.82) is 0 Å². The molecule has 0 aromatic carbocycles. The summed E-state index contributed by atoms with van der Waals surface area (Å²) in [6.45, 7) is 3.53. The zero-order chi connectivity index (χ0) is 13.0. The number of halogens is 3. The molecule has 1 aliphatic carbocycles. The van der Waals surface area contributed by atoms with Gasteiger partial charge in [0.2, 0.25) is 0 Å². The van der Waals surface area contributed by atoms with E-state index in [9.17, 15) is 18.0 Å². The first kappa shape index (κ1) is 12.4. The molecule has 2 rings (SSSR count). The number of carbonyl (C=O) groups is 1. The van der Waals surface area contributed by atoms with E-state index in [1.165, 1.54) is 6.07 Å². The maximum Gasteiger partial charge on any atom is 0.425 e. The summed E-state index contributed by atoms with van der Waals surface area (Å²) in [6.07, 6.45) is -4.35. The van der Waals surface area contributed by atoms with Gasteiger partial charge in [0, 0.05) is 10.8 Å². The third-order valence-corrected chi connectivity index (χ3v) is 4.52. The second-order valence-electron chi connectivity index (χ2n) is 4.81. The van der Waals surface area contributed by atoms with Gasteiger partial charge in [0.15, 0.2) is 0 Å². The number of hydrogen-bond acceptors (Lipinski definition) is 2. The Kier molecular flexibility index (Phi) is 2.54. The first-order chi connectivity index (χ1) is 7.65. The molecule has 1 heterocycles. The van der Waals surface area contributed by atoms with Crippen LogP contribution in [0, 0.1) is 11.3 Å². The van der Waals surface area contributed by atoms with Crippen LogP contribution in [-0.2, 0) is 11.0 Å². The molecule has 0 aliphatic heterocycles. The maximum absolute atomic E-state index is 12.4. The van der Waals surface area contributed by atoms with Crippen molar-refractivity contribution >= 4 is 17.3 Å². The monoisotopic (exact) mass is 264 g/mol. The standard InChI is InChI=1S/C11H11F3O2S/c1-10(2)7(8(10)9(15)16)5-3-4-6(17-5)11(12,13)14/h3-4,7-8H,1-2H3,(H,15,16). The van der Waals surface area contributed by atoms with E-state index < -0.39 is 28.4 Å². The molecule has 17 heavy (non-hydrogen) atoms. The lowest BCUT2D eigenvalue weighted by Gasteiger charge is -2.01. The molecule has 0 amide bonds. The summed E-state index contributed by atoms with van der Waals surface area (Å²) in [5, 5.41) is 8.97. The Balaban J connectivity index is 2.26. The fourth-order valence-corrected chi connectivity index (χ4v) is 3.51. The first-order valence-corrected chi connectivity index (χ1v) is 5.87. The van der Waals surface area contributed by atoms with Crippen LogP contribution in [0.2, 0.25) is 0 Å². The molecule has 1 aromatic heterocycles. The average Bonchev–Trinajstić information content (AvgIpc) is 2.59. The molecule has 6 heteroatoms. The van der Waals surface area contributed by atoms with Crippen LogP contribution in [0.25, 0.3) is 0 Å². The molecule has 0 saturated heterocycles. The van der Waals surface area contributed by atoms with Crippen LogP contribution in [0.15, 0.2) is 12.1 Å². The van der Waals surface area contributed by atoms with E-state index in [0.717, 1.165) is 6.07 Å². The molecule has 0 bridgehead atoms. The van der Waals surface area contributed by atoms with E-state index in [1.54, 1.807) is 13.8 Å². The van der Waals surface area contributed by atoms with E-state index in [1.807, 2.05) is 0 Å². The van der Waals surface area contributed by atoms with E-state index in [0.29, 0.717) is 16.2 Å². The van der Waals surface area contributed by atoms with Crippen LogP contribution in [0.4, 0.5) is 13.2 Å². The van der Waals surface area contributed by atoms with E-state index in [2.05, 4.69) is 0 Å². The van der Waals surface area contributed by atoms with Crippen molar-refractivity contribution in [2.45, 2.75) is 25.9 Å². The number of carboxylic acid groups (broad SMARTS) is 1. The van der Waals surface area contributed by atoms with Gasteiger partial charge >= 0.3 is 12.1 Å². The minimum absolute atomic E-state index is 0.305. The van der Waals surface area contributed by atoms with Gasteiger partial charge in [-0.1, -0.05) is 13.8 Å². The predicted octanol–water partition coefficient (Wildman–Crippen LogP) is 3.59. The summed E-state index contributed by atoms with van der Waals surface area (Å²) < 4.78 is 37.3. The third kappa shape index (κ3) is 1.94. The number of alkyl halides is 3. The SMILES string of the molecule is CC1(C)C(C(=O)O)C1c1ccc(C(F)(F)F)s1. The van der Waals surface area contributed by atoms with Gasteiger partial charge in [-0.2, -0.15) is 13.2 Å². The van der Waals surface area contributed by atoms with E-state index >= 15 is 0 Å². The number of rotatable bonds is 2. The molecular formula is C11H11F3O2S. The van der Waals surface area contributed by atoms with Crippen LogP contribution >= 0.6 is 11.3 Å². The molecule has 2 unspecified atom stereocenters. The van der Waals surface area contributed by atoms with Crippen LogP contribution < -0.4 is 0 Å². The molecule has 2 nitrogen and oxygen atoms in total. The van der Waals surface area contributed by atoms with Crippen molar-refractivity contribution in [3.05, 3.63) is 21.9 Å². The van der Waals surface area contributed by atoms with Crippen molar-refractivity contribution in [1.82, 2.24) is 0 Å². The highest BCUT2D eigenvalue weighted by molar-refractivity contribution is 7.12. The lowest BCUT2D eigenvalue weighted by atomic mass is 10.1. The molecule has 0 spiro atoms. The fraction of sp³-hybridized carbons (Fsp3) is 0.545. The van der Waals surface area contributed by atoms with Crippen LogP contribution in [0.3, 0.4) is 0 Å². The lowest BCUT2D eigenvalue weighted by Crippen LogP contribution is -2.03. The predicted molar refractivity (Wildman–Crippen MR) is 57.0 cm³/mol. The average molecular weight is 264 g/mol. The van der Waals surface area contributed by atoms with Crippen molar-refractivity contribution in [2.24, 2.45) is 11.3 Å². The number of thiophene rings is 1. The highest BCUT2D eigenvalue weighted by Crippen LogP contribution is 2.65. The Morgan fingerprint density at radius 3 is 2.35 bits per heavy atom. The molecule has 1 aliphatic rings. The van der Waals surface area contributed by atoms with Crippen molar-refractivity contribution in [3.63, 3.8) is 0 Å². The zero-order valence-electron chi connectivity index (χ0n) is 9.21. The van der Waals surface area contributed by atoms with E-state index in [-0.39, 0.29) is 5.92 Å². The molecular weight excluding hydrogens is 253 g/mol. The molecule has 1 fully saturated rings. The van der Waals surface area contributed by atoms with Gasteiger partial charge in [-0.25, -0.2) is 0 Å². The number of hydrogen-bond donors (Lipinski definition) is 1. The fourth-order valence-electron chi connectivity index (χ4n) is 2.30. The second-order valence-corrected chi connectivity index (χ2v) is 5.93. The minimum Gasteiger partial charge on any atom is -0.481 e. The maximum atomic E-state index is 12.4. The summed E-state index contributed by atoms with van der Waals surface area (Å²) in [6, 6.07) is 2.41.